The minimum atomic E-state index is 0. The van der Waals surface area contributed by atoms with E-state index in [1.807, 2.05) is 91.0 Å². The first kappa shape index (κ1) is 28.1. The van der Waals surface area contributed by atoms with E-state index in [-0.39, 0.29) is 33.8 Å². The van der Waals surface area contributed by atoms with Crippen molar-refractivity contribution in [3.63, 3.8) is 0 Å². The molecule has 0 spiro atoms. The summed E-state index contributed by atoms with van der Waals surface area (Å²) in [5.41, 5.74) is 2.72. The van der Waals surface area contributed by atoms with Crippen LogP contribution in [0.5, 0.6) is 0 Å². The van der Waals surface area contributed by atoms with Crippen molar-refractivity contribution in [1.29, 1.82) is 0 Å². The van der Waals surface area contributed by atoms with Crippen molar-refractivity contribution in [3.05, 3.63) is 111 Å². The number of aryl methyl sites for hydroxylation is 1. The number of hydrogen-bond acceptors (Lipinski definition) is 2. The van der Waals surface area contributed by atoms with Crippen LogP contribution in [0.4, 0.5) is 0 Å². The molecule has 0 aliphatic rings. The first-order valence-corrected chi connectivity index (χ1v) is 8.46. The number of nitrogens with zero attached hydrogens (tertiary/aromatic N) is 2. The third-order valence-electron chi connectivity index (χ3n) is 3.89. The van der Waals surface area contributed by atoms with Crippen LogP contribution in [0.2, 0.25) is 0 Å². The average Bonchev–Trinajstić information content (AvgIpc) is 2.64. The fourth-order valence-corrected chi connectivity index (χ4v) is 2.33. The Balaban J connectivity index is 0. The highest BCUT2D eigenvalue weighted by molar-refractivity contribution is 5.94. The predicted octanol–water partition coefficient (Wildman–Crippen LogP) is 4.48. The summed E-state index contributed by atoms with van der Waals surface area (Å²) in [5.74, 6) is 0.222. The second-order valence-electron chi connectivity index (χ2n) is 6.11. The Labute approximate surface area is 176 Å². The maximum absolute atomic E-state index is 11.1. The molecule has 2 aromatic heterocycles. The molecule has 0 saturated heterocycles. The van der Waals surface area contributed by atoms with Gasteiger partial charge in [0, 0.05) is 41.0 Å². The summed E-state index contributed by atoms with van der Waals surface area (Å²) in [7, 11) is 1.92. The molecule has 0 saturated carbocycles. The maximum Gasteiger partial charge on any atom is 0.173 e. The second-order valence-corrected chi connectivity index (χ2v) is 6.11. The molecule has 0 fully saturated rings. The van der Waals surface area contributed by atoms with Gasteiger partial charge in [-0.3, -0.25) is 9.59 Å². The second kappa shape index (κ2) is 13.9. The SMILES string of the molecule is C.CC(=O)c1cc[n+](C)cc1.CC(=O)c1ccc(C[n+]2ccccc2)cc1.[CH3-].[CH3-]. The quantitative estimate of drug-likeness (QED) is 0.372. The molecule has 156 valence electrons. The maximum atomic E-state index is 11.1. The van der Waals surface area contributed by atoms with Crippen molar-refractivity contribution in [1.82, 2.24) is 0 Å². The lowest BCUT2D eigenvalue weighted by Crippen LogP contribution is -2.32. The van der Waals surface area contributed by atoms with Crippen molar-refractivity contribution < 1.29 is 18.7 Å². The van der Waals surface area contributed by atoms with Gasteiger partial charge in [0.2, 0.25) is 0 Å². The number of pyridine rings is 2. The highest BCUT2D eigenvalue weighted by Gasteiger charge is 2.03. The Hall–Kier alpha value is -3.14. The normalized spacial score (nSPS) is 8.79. The van der Waals surface area contributed by atoms with Crippen LogP contribution in [-0.4, -0.2) is 11.6 Å². The van der Waals surface area contributed by atoms with E-state index < -0.39 is 0 Å². The lowest BCUT2D eigenvalue weighted by atomic mass is 10.1. The summed E-state index contributed by atoms with van der Waals surface area (Å²) in [4.78, 5) is 21.9. The summed E-state index contributed by atoms with van der Waals surface area (Å²) in [6.45, 7) is 3.98. The number of ketones is 2. The molecule has 4 heteroatoms. The fourth-order valence-electron chi connectivity index (χ4n) is 2.33. The largest absolute Gasteiger partial charge is 0.358 e. The Kier molecular flexibility index (Phi) is 13.5. The van der Waals surface area contributed by atoms with Crippen molar-refractivity contribution in [2.75, 3.05) is 0 Å². The van der Waals surface area contributed by atoms with Gasteiger partial charge in [-0.15, -0.1) is 0 Å². The lowest BCUT2D eigenvalue weighted by Gasteiger charge is -1.99. The van der Waals surface area contributed by atoms with Gasteiger partial charge in [0.25, 0.3) is 0 Å². The van der Waals surface area contributed by atoms with E-state index in [1.54, 1.807) is 13.8 Å². The Morgan fingerprint density at radius 1 is 0.724 bits per heavy atom. The molecular weight excluding hydrogens is 360 g/mol. The van der Waals surface area contributed by atoms with Crippen LogP contribution in [0.3, 0.4) is 0 Å². The van der Waals surface area contributed by atoms with Gasteiger partial charge < -0.3 is 14.9 Å². The topological polar surface area (TPSA) is 41.9 Å². The molecule has 0 amide bonds. The van der Waals surface area contributed by atoms with E-state index in [4.69, 9.17) is 0 Å². The van der Waals surface area contributed by atoms with Crippen molar-refractivity contribution >= 4 is 11.6 Å². The van der Waals surface area contributed by atoms with Gasteiger partial charge >= 0.3 is 0 Å². The lowest BCUT2D eigenvalue weighted by molar-refractivity contribution is -0.688. The van der Waals surface area contributed by atoms with E-state index in [9.17, 15) is 9.59 Å². The van der Waals surface area contributed by atoms with Gasteiger partial charge in [-0.2, -0.15) is 0 Å². The van der Waals surface area contributed by atoms with Gasteiger partial charge in [0.1, 0.15) is 7.05 Å². The standard InChI is InChI=1S/C14H14NO.C8H10NO.CH4.2CH3/c1-12(16)14-7-5-13(6-8-14)11-15-9-3-2-4-10-15;1-7(10)8-3-5-9(2)6-4-8;;;/h2-10H,11H2,1H3;3-6H,1-2H3;1H4;2*1H3/q2*+1;;2*-1. The zero-order chi connectivity index (χ0) is 18.9. The zero-order valence-electron chi connectivity index (χ0n) is 17.4. The molecule has 0 aliphatic carbocycles. The third-order valence-corrected chi connectivity index (χ3v) is 3.89. The summed E-state index contributed by atoms with van der Waals surface area (Å²) in [6.07, 6.45) is 7.77. The van der Waals surface area contributed by atoms with Gasteiger partial charge in [0.15, 0.2) is 42.9 Å². The van der Waals surface area contributed by atoms with E-state index in [1.165, 1.54) is 5.56 Å². The molecule has 1 aromatic carbocycles. The van der Waals surface area contributed by atoms with Crippen molar-refractivity contribution in [2.45, 2.75) is 27.8 Å². The molecule has 0 bridgehead atoms. The van der Waals surface area contributed by atoms with Crippen LogP contribution >= 0.6 is 0 Å². The smallest absolute Gasteiger partial charge is 0.173 e. The Bertz CT molecular complexity index is 856. The molecule has 0 radical (unpaired) electrons. The molecule has 0 aliphatic heterocycles. The molecule has 29 heavy (non-hydrogen) atoms. The molecule has 0 atom stereocenters. The minimum absolute atomic E-state index is 0. The van der Waals surface area contributed by atoms with Crippen molar-refractivity contribution in [2.24, 2.45) is 7.05 Å². The number of Topliss-reactive ketones (excluding diaryl/α,β-unsaturated/α-hetero) is 2. The first-order valence-electron chi connectivity index (χ1n) is 8.46. The van der Waals surface area contributed by atoms with E-state index in [0.717, 1.165) is 17.7 Å². The number of carbonyl (C=O) groups is 2. The highest BCUT2D eigenvalue weighted by Crippen LogP contribution is 2.04. The van der Waals surface area contributed by atoms with Gasteiger partial charge in [-0.1, -0.05) is 37.8 Å². The molecule has 0 N–H and O–H groups in total. The minimum Gasteiger partial charge on any atom is -0.358 e. The number of aromatic nitrogens is 2. The molecule has 3 aromatic rings. The van der Waals surface area contributed by atoms with Gasteiger partial charge in [-0.25, -0.2) is 9.13 Å². The number of rotatable bonds is 4. The summed E-state index contributed by atoms with van der Waals surface area (Å²) >= 11 is 0. The zero-order valence-corrected chi connectivity index (χ0v) is 17.4. The van der Waals surface area contributed by atoms with Crippen LogP contribution < -0.4 is 9.13 Å². The van der Waals surface area contributed by atoms with Crippen molar-refractivity contribution in [3.8, 4) is 0 Å². The summed E-state index contributed by atoms with van der Waals surface area (Å²) in [5, 5.41) is 0. The molecule has 3 rings (SSSR count). The first-order chi connectivity index (χ1) is 12.5. The van der Waals surface area contributed by atoms with E-state index in [0.29, 0.717) is 0 Å². The van der Waals surface area contributed by atoms with E-state index >= 15 is 0 Å². The number of benzene rings is 1. The fraction of sp³-hybridized carbons (Fsp3) is 0.200. The molecule has 0 unspecified atom stereocenters. The summed E-state index contributed by atoms with van der Waals surface area (Å²) in [6, 6.07) is 17.4. The van der Waals surface area contributed by atoms with Crippen LogP contribution in [0.25, 0.3) is 0 Å². The van der Waals surface area contributed by atoms with Crippen LogP contribution in [0.1, 0.15) is 47.6 Å². The van der Waals surface area contributed by atoms with E-state index in [2.05, 4.69) is 4.57 Å². The predicted molar refractivity (Wildman–Crippen MR) is 119 cm³/mol. The van der Waals surface area contributed by atoms with Gasteiger partial charge in [0.05, 0.1) is 0 Å². The van der Waals surface area contributed by atoms with Gasteiger partial charge in [-0.05, 0) is 13.8 Å². The summed E-state index contributed by atoms with van der Waals surface area (Å²) < 4.78 is 4.00. The third kappa shape index (κ3) is 9.56. The monoisotopic (exact) mass is 394 g/mol. The highest BCUT2D eigenvalue weighted by atomic mass is 16.1. The van der Waals surface area contributed by atoms with Crippen LogP contribution in [-0.2, 0) is 13.6 Å². The number of hydrogen-bond donors (Lipinski definition) is 0. The van der Waals surface area contributed by atoms with Crippen LogP contribution in [0.15, 0.2) is 79.4 Å². The Morgan fingerprint density at radius 2 is 1.17 bits per heavy atom. The van der Waals surface area contributed by atoms with Crippen LogP contribution in [0, 0.1) is 14.9 Å². The molecular formula is C25H34N2O2. The average molecular weight is 395 g/mol. The molecule has 2 heterocycles. The number of carbonyl (C=O) groups excluding carboxylic acids is 2. The Morgan fingerprint density at radius 3 is 1.62 bits per heavy atom. The molecule has 4 nitrogen and oxygen atoms in total.